The molecule has 12 heavy (non-hydrogen) atoms. The van der Waals surface area contributed by atoms with Crippen LogP contribution in [-0.4, -0.2) is 0 Å². The van der Waals surface area contributed by atoms with Crippen LogP contribution in [-0.2, 0) is 0 Å². The van der Waals surface area contributed by atoms with Gasteiger partial charge in [-0.15, -0.1) is 0 Å². The molecule has 0 radical (unpaired) electrons. The Morgan fingerprint density at radius 1 is 1.17 bits per heavy atom. The first kappa shape index (κ1) is 12.0. The summed E-state index contributed by atoms with van der Waals surface area (Å²) < 4.78 is 0. The van der Waals surface area contributed by atoms with Gasteiger partial charge in [0.05, 0.1) is 0 Å². The van der Waals surface area contributed by atoms with Crippen LogP contribution in [0.25, 0.3) is 0 Å². The van der Waals surface area contributed by atoms with Crippen molar-refractivity contribution in [3.63, 3.8) is 0 Å². The minimum absolute atomic E-state index is 0. The van der Waals surface area contributed by atoms with Crippen LogP contribution in [0.4, 0.5) is 0 Å². The number of rotatable bonds is 4. The average molecular weight is 170 g/mol. The summed E-state index contributed by atoms with van der Waals surface area (Å²) in [7, 11) is 0. The van der Waals surface area contributed by atoms with Gasteiger partial charge in [-0.1, -0.05) is 59.8 Å². The van der Waals surface area contributed by atoms with E-state index in [0.717, 1.165) is 11.8 Å². The molecule has 0 saturated heterocycles. The lowest BCUT2D eigenvalue weighted by Crippen LogP contribution is -1.93. The molecule has 1 aliphatic rings. The number of unbranched alkanes of at least 4 members (excludes halogenated alkanes) is 2. The topological polar surface area (TPSA) is 0 Å². The fourth-order valence-corrected chi connectivity index (χ4v) is 2.27. The second-order valence-corrected chi connectivity index (χ2v) is 4.28. The van der Waals surface area contributed by atoms with Gasteiger partial charge in [-0.2, -0.15) is 0 Å². The molecule has 74 valence electrons. The second-order valence-electron chi connectivity index (χ2n) is 4.28. The zero-order chi connectivity index (χ0) is 8.10. The van der Waals surface area contributed by atoms with Gasteiger partial charge in [0.15, 0.2) is 0 Å². The first-order valence-corrected chi connectivity index (χ1v) is 5.33. The fourth-order valence-electron chi connectivity index (χ4n) is 2.27. The van der Waals surface area contributed by atoms with Crippen molar-refractivity contribution in [2.45, 2.75) is 66.2 Å². The molecule has 1 unspecified atom stereocenters. The van der Waals surface area contributed by atoms with Crippen LogP contribution in [0.3, 0.4) is 0 Å². The van der Waals surface area contributed by atoms with Crippen LogP contribution in [0.5, 0.6) is 0 Å². The van der Waals surface area contributed by atoms with Crippen molar-refractivity contribution in [2.75, 3.05) is 0 Å². The molecule has 0 nitrogen and oxygen atoms in total. The Kier molecular flexibility index (Phi) is 6.51. The van der Waals surface area contributed by atoms with Gasteiger partial charge < -0.3 is 0 Å². The van der Waals surface area contributed by atoms with E-state index in [1.807, 2.05) is 0 Å². The molecule has 2 atom stereocenters. The van der Waals surface area contributed by atoms with Gasteiger partial charge in [0.1, 0.15) is 0 Å². The maximum Gasteiger partial charge on any atom is -0.0412 e. The quantitative estimate of drug-likeness (QED) is 0.539. The van der Waals surface area contributed by atoms with Crippen molar-refractivity contribution in [1.29, 1.82) is 0 Å². The highest BCUT2D eigenvalue weighted by Gasteiger charge is 2.20. The maximum absolute atomic E-state index is 2.40. The Morgan fingerprint density at radius 3 is 2.42 bits per heavy atom. The van der Waals surface area contributed by atoms with E-state index >= 15 is 0 Å². The van der Waals surface area contributed by atoms with Crippen molar-refractivity contribution in [1.82, 2.24) is 0 Å². The van der Waals surface area contributed by atoms with Crippen molar-refractivity contribution in [3.05, 3.63) is 0 Å². The molecule has 1 rings (SSSR count). The lowest BCUT2D eigenvalue weighted by Gasteiger charge is -2.07. The summed E-state index contributed by atoms with van der Waals surface area (Å²) in [5, 5.41) is 0. The molecule has 0 N–H and O–H groups in total. The normalized spacial score (nSPS) is 28.5. The smallest absolute Gasteiger partial charge is 0.0412 e. The minimum Gasteiger partial charge on any atom is -0.0776 e. The Labute approximate surface area is 78.8 Å². The molecule has 1 aliphatic carbocycles. The van der Waals surface area contributed by atoms with Gasteiger partial charge in [0, 0.05) is 0 Å². The Hall–Kier alpha value is 0. The molecule has 1 saturated carbocycles. The third kappa shape index (κ3) is 4.13. The Morgan fingerprint density at radius 2 is 1.92 bits per heavy atom. The highest BCUT2D eigenvalue weighted by Crippen LogP contribution is 2.33. The first-order chi connectivity index (χ1) is 5.33. The van der Waals surface area contributed by atoms with E-state index in [-0.39, 0.29) is 7.43 Å². The van der Waals surface area contributed by atoms with E-state index < -0.39 is 0 Å². The molecule has 0 aromatic heterocycles. The fraction of sp³-hybridized carbons (Fsp3) is 1.00. The van der Waals surface area contributed by atoms with Crippen LogP contribution in [0.2, 0.25) is 0 Å². The van der Waals surface area contributed by atoms with Crippen LogP contribution in [0.15, 0.2) is 0 Å². The second kappa shape index (κ2) is 6.51. The Balaban J connectivity index is 0.00000121. The largest absolute Gasteiger partial charge is 0.0776 e. The molecule has 0 aromatic rings. The van der Waals surface area contributed by atoms with E-state index in [9.17, 15) is 0 Å². The average Bonchev–Trinajstić information content (AvgIpc) is 2.37. The monoisotopic (exact) mass is 170 g/mol. The molecular weight excluding hydrogens is 144 g/mol. The van der Waals surface area contributed by atoms with Crippen LogP contribution in [0.1, 0.15) is 66.2 Å². The third-order valence-electron chi connectivity index (χ3n) is 3.02. The zero-order valence-corrected chi connectivity index (χ0v) is 8.10. The standard InChI is InChI=1S/C11H22.CH4/c1-3-4-5-6-11-8-7-10(2)9-11;/h10-11H,3-9H2,1-2H3;1H4/t10?,11-;/m1./s1. The summed E-state index contributed by atoms with van der Waals surface area (Å²) in [6.07, 6.45) is 10.4. The minimum atomic E-state index is 0. The molecule has 0 heteroatoms. The summed E-state index contributed by atoms with van der Waals surface area (Å²) in [5.41, 5.74) is 0. The molecule has 0 aromatic carbocycles. The zero-order valence-electron chi connectivity index (χ0n) is 8.10. The molecular formula is C12H26. The number of hydrogen-bond acceptors (Lipinski definition) is 0. The van der Waals surface area contributed by atoms with Crippen LogP contribution < -0.4 is 0 Å². The van der Waals surface area contributed by atoms with Crippen molar-refractivity contribution >= 4 is 0 Å². The molecule has 0 heterocycles. The molecule has 0 spiro atoms. The van der Waals surface area contributed by atoms with Gasteiger partial charge in [0.25, 0.3) is 0 Å². The number of hydrogen-bond donors (Lipinski definition) is 0. The van der Waals surface area contributed by atoms with Crippen LogP contribution in [0, 0.1) is 11.8 Å². The summed E-state index contributed by atoms with van der Waals surface area (Å²) in [4.78, 5) is 0. The highest BCUT2D eigenvalue weighted by molar-refractivity contribution is 4.72. The highest BCUT2D eigenvalue weighted by atomic mass is 14.3. The van der Waals surface area contributed by atoms with E-state index in [1.165, 1.54) is 44.9 Å². The van der Waals surface area contributed by atoms with E-state index in [4.69, 9.17) is 0 Å². The predicted molar refractivity (Wildman–Crippen MR) is 57.4 cm³/mol. The SMILES string of the molecule is C.CCCCC[C@@H]1CCC(C)C1. The molecule has 0 aliphatic heterocycles. The maximum atomic E-state index is 2.40. The lowest BCUT2D eigenvalue weighted by molar-refractivity contribution is 0.454. The Bertz CT molecular complexity index is 96.2. The van der Waals surface area contributed by atoms with E-state index in [2.05, 4.69) is 13.8 Å². The van der Waals surface area contributed by atoms with Gasteiger partial charge in [0.2, 0.25) is 0 Å². The third-order valence-corrected chi connectivity index (χ3v) is 3.02. The van der Waals surface area contributed by atoms with E-state index in [0.29, 0.717) is 0 Å². The van der Waals surface area contributed by atoms with Gasteiger partial charge in [-0.25, -0.2) is 0 Å². The van der Waals surface area contributed by atoms with Gasteiger partial charge in [-0.05, 0) is 18.3 Å². The molecule has 1 fully saturated rings. The summed E-state index contributed by atoms with van der Waals surface area (Å²) >= 11 is 0. The van der Waals surface area contributed by atoms with E-state index in [1.54, 1.807) is 0 Å². The van der Waals surface area contributed by atoms with Gasteiger partial charge in [-0.3, -0.25) is 0 Å². The lowest BCUT2D eigenvalue weighted by atomic mass is 9.99. The van der Waals surface area contributed by atoms with Crippen molar-refractivity contribution in [2.24, 2.45) is 11.8 Å². The summed E-state index contributed by atoms with van der Waals surface area (Å²) in [5.74, 6) is 2.12. The first-order valence-electron chi connectivity index (χ1n) is 5.33. The van der Waals surface area contributed by atoms with Crippen molar-refractivity contribution < 1.29 is 0 Å². The molecule has 0 amide bonds. The molecule has 0 bridgehead atoms. The van der Waals surface area contributed by atoms with Crippen molar-refractivity contribution in [3.8, 4) is 0 Å². The summed E-state index contributed by atoms with van der Waals surface area (Å²) in [6, 6.07) is 0. The predicted octanol–water partition coefficient (Wildman–Crippen LogP) is 4.64. The summed E-state index contributed by atoms with van der Waals surface area (Å²) in [6.45, 7) is 4.69. The van der Waals surface area contributed by atoms with Gasteiger partial charge >= 0.3 is 0 Å². The van der Waals surface area contributed by atoms with Crippen LogP contribution >= 0.6 is 0 Å².